The van der Waals surface area contributed by atoms with Crippen LogP contribution in [0.2, 0.25) is 0 Å². The number of fused-ring (bicyclic) bond motifs is 3. The normalized spacial score (nSPS) is 11.1. The van der Waals surface area contributed by atoms with Crippen molar-refractivity contribution in [2.75, 3.05) is 0 Å². The summed E-state index contributed by atoms with van der Waals surface area (Å²) in [6.07, 6.45) is 0. The van der Waals surface area contributed by atoms with E-state index in [1.54, 1.807) is 0 Å². The Balaban J connectivity index is 1.18. The van der Waals surface area contributed by atoms with E-state index in [0.29, 0.717) is 23.0 Å². The molecule has 0 saturated heterocycles. The molecule has 330 valence electrons. The summed E-state index contributed by atoms with van der Waals surface area (Å²) < 4.78 is 2.32. The molecule has 7 nitrogen and oxygen atoms in total. The summed E-state index contributed by atoms with van der Waals surface area (Å²) in [5.41, 5.74) is 16.4. The molecule has 9 aromatic carbocycles. The molecule has 0 N–H and O–H groups in total. The Hall–Kier alpha value is -10.1. The van der Waals surface area contributed by atoms with Crippen LogP contribution in [0, 0.1) is 13.1 Å². The Morgan fingerprint density at radius 1 is 0.296 bits per heavy atom. The first-order valence-corrected chi connectivity index (χ1v) is 23.3. The summed E-state index contributed by atoms with van der Waals surface area (Å²) >= 11 is 0. The zero-order valence-electron chi connectivity index (χ0n) is 38.1. The summed E-state index contributed by atoms with van der Waals surface area (Å²) in [6, 6.07) is 79.9. The molecule has 0 fully saturated rings. The van der Waals surface area contributed by atoms with Crippen LogP contribution in [-0.2, 0) is 0 Å². The van der Waals surface area contributed by atoms with E-state index in [1.165, 1.54) is 0 Å². The maximum absolute atomic E-state index is 7.79. The third kappa shape index (κ3) is 8.16. The fourth-order valence-corrected chi connectivity index (χ4v) is 9.37. The molecule has 0 atom stereocenters. The van der Waals surface area contributed by atoms with Crippen molar-refractivity contribution in [3.8, 4) is 95.7 Å². The molecule has 0 bridgehead atoms. The van der Waals surface area contributed by atoms with E-state index in [1.807, 2.05) is 121 Å². The molecule has 71 heavy (non-hydrogen) atoms. The van der Waals surface area contributed by atoms with Crippen molar-refractivity contribution in [3.05, 3.63) is 259 Å². The zero-order chi connectivity index (χ0) is 47.7. The van der Waals surface area contributed by atoms with Crippen LogP contribution in [0.5, 0.6) is 0 Å². The van der Waals surface area contributed by atoms with Gasteiger partial charge in [-0.3, -0.25) is 0 Å². The molecule has 0 aliphatic heterocycles. The van der Waals surface area contributed by atoms with Crippen molar-refractivity contribution in [3.63, 3.8) is 0 Å². The van der Waals surface area contributed by atoms with Crippen LogP contribution in [0.15, 0.2) is 237 Å². The molecular weight excluding hydrogens is 867 g/mol. The second-order valence-electron chi connectivity index (χ2n) is 17.2. The van der Waals surface area contributed by atoms with Crippen molar-refractivity contribution < 1.29 is 0 Å². The number of rotatable bonds is 9. The number of hydrogen-bond acceptors (Lipinski definition) is 4. The van der Waals surface area contributed by atoms with Gasteiger partial charge in [0.15, 0.2) is 23.0 Å². The lowest BCUT2D eigenvalue weighted by atomic mass is 10.0. The van der Waals surface area contributed by atoms with E-state index in [0.717, 1.165) is 106 Å². The van der Waals surface area contributed by atoms with Gasteiger partial charge in [-0.15, -0.1) is 0 Å². The Kier molecular flexibility index (Phi) is 10.8. The number of hydrogen-bond donors (Lipinski definition) is 0. The van der Waals surface area contributed by atoms with Crippen molar-refractivity contribution in [1.82, 2.24) is 24.5 Å². The highest BCUT2D eigenvalue weighted by Crippen LogP contribution is 2.42. The molecular formula is C64H39N7. The second-order valence-corrected chi connectivity index (χ2v) is 17.2. The van der Waals surface area contributed by atoms with Gasteiger partial charge in [0.2, 0.25) is 0 Å². The Morgan fingerprint density at radius 3 is 1.13 bits per heavy atom. The highest BCUT2D eigenvalue weighted by molar-refractivity contribution is 6.12. The molecule has 0 radical (unpaired) electrons. The third-order valence-corrected chi connectivity index (χ3v) is 12.9. The lowest BCUT2D eigenvalue weighted by molar-refractivity contribution is 1.13. The number of aromatic nitrogens is 5. The van der Waals surface area contributed by atoms with E-state index < -0.39 is 0 Å². The van der Waals surface area contributed by atoms with Crippen molar-refractivity contribution in [1.29, 1.82) is 0 Å². The first kappa shape index (κ1) is 42.3. The quantitative estimate of drug-likeness (QED) is 0.135. The van der Waals surface area contributed by atoms with Gasteiger partial charge in [-0.2, -0.15) is 0 Å². The van der Waals surface area contributed by atoms with Crippen molar-refractivity contribution in [2.24, 2.45) is 0 Å². The average Bonchev–Trinajstić information content (AvgIpc) is 3.78. The fraction of sp³-hybridized carbons (Fsp3) is 0. The van der Waals surface area contributed by atoms with Gasteiger partial charge in [-0.1, -0.05) is 188 Å². The van der Waals surface area contributed by atoms with Gasteiger partial charge in [-0.05, 0) is 70.8 Å². The van der Waals surface area contributed by atoms with Gasteiger partial charge in [0, 0.05) is 44.2 Å². The minimum atomic E-state index is 0.541. The van der Waals surface area contributed by atoms with Crippen LogP contribution in [0.4, 0.5) is 11.4 Å². The van der Waals surface area contributed by atoms with Crippen molar-refractivity contribution >= 4 is 33.2 Å². The number of benzene rings is 9. The molecule has 0 saturated carbocycles. The van der Waals surface area contributed by atoms with E-state index in [9.17, 15) is 0 Å². The largest absolute Gasteiger partial charge is 0.308 e. The molecule has 0 spiro atoms. The van der Waals surface area contributed by atoms with Gasteiger partial charge in [0.1, 0.15) is 0 Å². The van der Waals surface area contributed by atoms with E-state index in [4.69, 9.17) is 33.1 Å². The monoisotopic (exact) mass is 905 g/mol. The van der Waals surface area contributed by atoms with E-state index in [2.05, 4.69) is 130 Å². The fourth-order valence-electron chi connectivity index (χ4n) is 9.37. The van der Waals surface area contributed by atoms with Crippen molar-refractivity contribution in [2.45, 2.75) is 0 Å². The molecule has 12 aromatic rings. The molecule has 0 unspecified atom stereocenters. The summed E-state index contributed by atoms with van der Waals surface area (Å²) in [6.45, 7) is 15.6. The third-order valence-electron chi connectivity index (χ3n) is 12.9. The first-order valence-electron chi connectivity index (χ1n) is 23.3. The molecule has 7 heteroatoms. The first-order chi connectivity index (χ1) is 35.1. The van der Waals surface area contributed by atoms with Crippen LogP contribution >= 0.6 is 0 Å². The van der Waals surface area contributed by atoms with Gasteiger partial charge in [-0.25, -0.2) is 29.6 Å². The maximum Gasteiger partial charge on any atom is 0.187 e. The standard InChI is InChI=1S/C64H39N7/c1-65-51-27-15-25-46(35-51)48-29-32-53-54-33-30-49(47-26-16-28-52(36-47)66-2)39-62(54)71(61(53)38-48)60-34-31-50(59-41-56(42-17-7-3-8-18-42)67-63(68-59)45-23-13-6-14-24-45)37-55(60)64-69-57(43-19-9-4-10-20-43)40-58(70-64)44-21-11-5-12-22-44/h3-41H. The lowest BCUT2D eigenvalue weighted by Gasteiger charge is -2.17. The van der Waals surface area contributed by atoms with E-state index >= 15 is 0 Å². The minimum Gasteiger partial charge on any atom is -0.308 e. The van der Waals surface area contributed by atoms with Crippen LogP contribution in [0.3, 0.4) is 0 Å². The lowest BCUT2D eigenvalue weighted by Crippen LogP contribution is -2.03. The molecule has 12 rings (SSSR count). The molecule has 0 amide bonds. The second kappa shape index (κ2) is 18.2. The SMILES string of the molecule is [C-]#[N+]c1cccc(-c2ccc3c4ccc(-c5cccc([N+]#[C-])c5)cc4n(-c4ccc(-c5cc(-c6ccccc6)nc(-c6ccccc6)n5)cc4-c4nc(-c5ccccc5)cc(-c5ccccc5)n4)c3c2)c1. The number of nitrogens with zero attached hydrogens (tertiary/aromatic N) is 7. The Bertz CT molecular complexity index is 3830. The maximum atomic E-state index is 7.79. The Morgan fingerprint density at radius 2 is 0.676 bits per heavy atom. The van der Waals surface area contributed by atoms with Crippen LogP contribution in [0.25, 0.3) is 127 Å². The molecule has 0 aliphatic carbocycles. The summed E-state index contributed by atoms with van der Waals surface area (Å²) in [5.74, 6) is 1.16. The minimum absolute atomic E-state index is 0.541. The highest BCUT2D eigenvalue weighted by Gasteiger charge is 2.22. The van der Waals surface area contributed by atoms with Gasteiger partial charge >= 0.3 is 0 Å². The van der Waals surface area contributed by atoms with Gasteiger partial charge < -0.3 is 4.57 Å². The summed E-state index contributed by atoms with van der Waals surface area (Å²) in [4.78, 5) is 28.8. The van der Waals surface area contributed by atoms with Crippen LogP contribution < -0.4 is 0 Å². The van der Waals surface area contributed by atoms with Crippen LogP contribution in [-0.4, -0.2) is 24.5 Å². The van der Waals surface area contributed by atoms with Gasteiger partial charge in [0.05, 0.1) is 52.6 Å². The average molecular weight is 906 g/mol. The summed E-state index contributed by atoms with van der Waals surface area (Å²) in [5, 5.41) is 2.11. The van der Waals surface area contributed by atoms with Crippen LogP contribution in [0.1, 0.15) is 0 Å². The molecule has 3 aromatic heterocycles. The topological polar surface area (TPSA) is 65.2 Å². The molecule has 0 aliphatic rings. The Labute approximate surface area is 411 Å². The van der Waals surface area contributed by atoms with Gasteiger partial charge in [0.25, 0.3) is 0 Å². The summed E-state index contributed by atoms with van der Waals surface area (Å²) in [7, 11) is 0. The van der Waals surface area contributed by atoms with E-state index in [-0.39, 0.29) is 0 Å². The highest BCUT2D eigenvalue weighted by atomic mass is 15.0. The predicted molar refractivity (Wildman–Crippen MR) is 288 cm³/mol. The predicted octanol–water partition coefficient (Wildman–Crippen LogP) is 16.8. The smallest absolute Gasteiger partial charge is 0.187 e. The molecule has 3 heterocycles. The zero-order valence-corrected chi connectivity index (χ0v) is 38.1.